The van der Waals surface area contributed by atoms with Crippen LogP contribution in [-0.2, 0) is 9.84 Å². The molecule has 0 unspecified atom stereocenters. The van der Waals surface area contributed by atoms with Crippen LogP contribution in [0.2, 0.25) is 0 Å². The number of aromatic nitrogens is 2. The highest BCUT2D eigenvalue weighted by atomic mass is 79.9. The minimum atomic E-state index is -3.53. The Labute approximate surface area is 112 Å². The van der Waals surface area contributed by atoms with Gasteiger partial charge in [0, 0.05) is 10.7 Å². The van der Waals surface area contributed by atoms with E-state index >= 15 is 0 Å². The Morgan fingerprint density at radius 3 is 2.39 bits per heavy atom. The number of carbonyl (C=O) groups is 1. The molecule has 0 atom stereocenters. The molecular formula is C11H9BrN2O3S. The number of rotatable bonds is 3. The van der Waals surface area contributed by atoms with Crippen LogP contribution in [0.3, 0.4) is 0 Å². The molecule has 2 aromatic rings. The number of benzene rings is 1. The normalized spacial score (nSPS) is 11.4. The van der Waals surface area contributed by atoms with Crippen LogP contribution in [0.1, 0.15) is 10.4 Å². The Hall–Kier alpha value is -1.47. The predicted octanol–water partition coefficient (Wildman–Crippen LogP) is 1.85. The predicted molar refractivity (Wildman–Crippen MR) is 69.8 cm³/mol. The quantitative estimate of drug-likeness (QED) is 0.806. The first-order valence-electron chi connectivity index (χ1n) is 4.92. The number of aldehydes is 1. The average Bonchev–Trinajstić information content (AvgIpc) is 2.73. The van der Waals surface area contributed by atoms with E-state index in [2.05, 4.69) is 21.0 Å². The summed E-state index contributed by atoms with van der Waals surface area (Å²) in [4.78, 5) is 10.8. The molecule has 0 bridgehead atoms. The smallest absolute Gasteiger partial charge is 0.193 e. The minimum Gasteiger partial charge on any atom is -0.298 e. The van der Waals surface area contributed by atoms with E-state index in [1.807, 2.05) is 0 Å². The summed E-state index contributed by atoms with van der Waals surface area (Å²) in [7, 11) is -3.53. The summed E-state index contributed by atoms with van der Waals surface area (Å²) >= 11 is 3.29. The first kappa shape index (κ1) is 13.0. The third kappa shape index (κ3) is 2.37. The molecule has 0 radical (unpaired) electrons. The summed E-state index contributed by atoms with van der Waals surface area (Å²) in [5.41, 5.74) is 0.632. The fraction of sp³-hybridized carbons (Fsp3) is 0.0909. The van der Waals surface area contributed by atoms with Gasteiger partial charge in [0.25, 0.3) is 0 Å². The van der Waals surface area contributed by atoms with E-state index in [4.69, 9.17) is 0 Å². The second kappa shape index (κ2) is 4.66. The molecule has 0 saturated heterocycles. The second-order valence-corrected chi connectivity index (χ2v) is 6.53. The molecule has 1 heterocycles. The number of hydrogen-bond donors (Lipinski definition) is 0. The molecule has 2 rings (SSSR count). The lowest BCUT2D eigenvalue weighted by Gasteiger charge is -2.06. The topological polar surface area (TPSA) is 69.0 Å². The van der Waals surface area contributed by atoms with E-state index in [9.17, 15) is 13.2 Å². The highest BCUT2D eigenvalue weighted by Gasteiger charge is 2.21. The van der Waals surface area contributed by atoms with Crippen LogP contribution in [0.25, 0.3) is 5.69 Å². The summed E-state index contributed by atoms with van der Waals surface area (Å²) < 4.78 is 25.5. The van der Waals surface area contributed by atoms with Crippen LogP contribution in [-0.4, -0.2) is 30.7 Å². The summed E-state index contributed by atoms with van der Waals surface area (Å²) in [5, 5.41) is 3.85. The van der Waals surface area contributed by atoms with Crippen LogP contribution in [0, 0.1) is 0 Å². The monoisotopic (exact) mass is 328 g/mol. The van der Waals surface area contributed by atoms with Crippen LogP contribution < -0.4 is 0 Å². The van der Waals surface area contributed by atoms with Gasteiger partial charge in [-0.3, -0.25) is 4.79 Å². The standard InChI is InChI=1S/C11H9BrN2O3S/c1-18(16,17)11-8(7-15)6-13-14(11)10-4-2-9(12)3-5-10/h2-7H,1H3. The van der Waals surface area contributed by atoms with Gasteiger partial charge in [-0.15, -0.1) is 0 Å². The van der Waals surface area contributed by atoms with Gasteiger partial charge in [-0.05, 0) is 24.3 Å². The molecule has 0 aliphatic heterocycles. The largest absolute Gasteiger partial charge is 0.298 e. The Morgan fingerprint density at radius 1 is 1.28 bits per heavy atom. The van der Waals surface area contributed by atoms with Gasteiger partial charge in [0.15, 0.2) is 21.1 Å². The maximum atomic E-state index is 11.7. The lowest BCUT2D eigenvalue weighted by atomic mass is 10.3. The Morgan fingerprint density at radius 2 is 1.89 bits per heavy atom. The molecule has 1 aromatic heterocycles. The van der Waals surface area contributed by atoms with Crippen molar-refractivity contribution in [2.24, 2.45) is 0 Å². The van der Waals surface area contributed by atoms with Crippen molar-refractivity contribution in [1.29, 1.82) is 0 Å². The van der Waals surface area contributed by atoms with Gasteiger partial charge < -0.3 is 0 Å². The van der Waals surface area contributed by atoms with Crippen molar-refractivity contribution < 1.29 is 13.2 Å². The molecule has 94 valence electrons. The van der Waals surface area contributed by atoms with Crippen molar-refractivity contribution in [2.45, 2.75) is 5.03 Å². The lowest BCUT2D eigenvalue weighted by Crippen LogP contribution is -2.09. The number of sulfone groups is 1. The van der Waals surface area contributed by atoms with Gasteiger partial charge in [-0.1, -0.05) is 15.9 Å². The van der Waals surface area contributed by atoms with Crippen LogP contribution in [0.4, 0.5) is 0 Å². The second-order valence-electron chi connectivity index (χ2n) is 3.68. The van der Waals surface area contributed by atoms with Gasteiger partial charge in [0.1, 0.15) is 0 Å². The molecule has 0 aliphatic carbocycles. The highest BCUT2D eigenvalue weighted by molar-refractivity contribution is 9.10. The molecule has 0 saturated carbocycles. The van der Waals surface area contributed by atoms with Crippen molar-refractivity contribution in [2.75, 3.05) is 6.26 Å². The zero-order valence-corrected chi connectivity index (χ0v) is 11.8. The summed E-state index contributed by atoms with van der Waals surface area (Å²) in [6.45, 7) is 0. The third-order valence-corrected chi connectivity index (χ3v) is 3.94. The maximum Gasteiger partial charge on any atom is 0.193 e. The first-order valence-corrected chi connectivity index (χ1v) is 7.61. The highest BCUT2D eigenvalue weighted by Crippen LogP contribution is 2.20. The van der Waals surface area contributed by atoms with Gasteiger partial charge in [0.05, 0.1) is 17.4 Å². The van der Waals surface area contributed by atoms with Gasteiger partial charge in [-0.2, -0.15) is 5.10 Å². The van der Waals surface area contributed by atoms with E-state index < -0.39 is 9.84 Å². The Kier molecular flexibility index (Phi) is 3.36. The van der Waals surface area contributed by atoms with Crippen LogP contribution in [0.15, 0.2) is 40.0 Å². The zero-order chi connectivity index (χ0) is 13.3. The van der Waals surface area contributed by atoms with Gasteiger partial charge >= 0.3 is 0 Å². The molecular weight excluding hydrogens is 320 g/mol. The summed E-state index contributed by atoms with van der Waals surface area (Å²) in [5.74, 6) is 0. The third-order valence-electron chi connectivity index (χ3n) is 2.30. The molecule has 18 heavy (non-hydrogen) atoms. The van der Waals surface area contributed by atoms with E-state index in [0.29, 0.717) is 12.0 Å². The summed E-state index contributed by atoms with van der Waals surface area (Å²) in [6.07, 6.45) is 2.77. The fourth-order valence-electron chi connectivity index (χ4n) is 1.57. The maximum absolute atomic E-state index is 11.7. The number of hydrogen-bond acceptors (Lipinski definition) is 4. The SMILES string of the molecule is CS(=O)(=O)c1c(C=O)cnn1-c1ccc(Br)cc1. The molecule has 0 fully saturated rings. The number of halogens is 1. The van der Waals surface area contributed by atoms with Crippen molar-refractivity contribution in [3.63, 3.8) is 0 Å². The van der Waals surface area contributed by atoms with E-state index in [1.165, 1.54) is 10.9 Å². The van der Waals surface area contributed by atoms with Crippen LogP contribution >= 0.6 is 15.9 Å². The van der Waals surface area contributed by atoms with Crippen LogP contribution in [0.5, 0.6) is 0 Å². The molecule has 0 amide bonds. The number of nitrogens with zero attached hydrogens (tertiary/aromatic N) is 2. The molecule has 0 spiro atoms. The number of carbonyl (C=O) groups excluding carboxylic acids is 1. The Balaban J connectivity index is 2.69. The van der Waals surface area contributed by atoms with Gasteiger partial charge in [-0.25, -0.2) is 13.1 Å². The van der Waals surface area contributed by atoms with Crippen molar-refractivity contribution in [3.8, 4) is 5.69 Å². The Bertz CT molecular complexity index is 690. The molecule has 1 aromatic carbocycles. The molecule has 0 N–H and O–H groups in total. The first-order chi connectivity index (χ1) is 8.43. The van der Waals surface area contributed by atoms with E-state index in [-0.39, 0.29) is 10.6 Å². The molecule has 0 aliphatic rings. The minimum absolute atomic E-state index is 0.0559. The summed E-state index contributed by atoms with van der Waals surface area (Å²) in [6, 6.07) is 6.95. The van der Waals surface area contributed by atoms with E-state index in [1.54, 1.807) is 24.3 Å². The van der Waals surface area contributed by atoms with Gasteiger partial charge in [0.2, 0.25) is 0 Å². The molecule has 5 nitrogen and oxygen atoms in total. The molecule has 7 heteroatoms. The van der Waals surface area contributed by atoms with E-state index in [0.717, 1.165) is 10.7 Å². The van der Waals surface area contributed by atoms with Crippen molar-refractivity contribution in [3.05, 3.63) is 40.5 Å². The van der Waals surface area contributed by atoms with Crippen molar-refractivity contribution >= 4 is 32.1 Å². The zero-order valence-electron chi connectivity index (χ0n) is 9.37. The van der Waals surface area contributed by atoms with Crippen molar-refractivity contribution in [1.82, 2.24) is 9.78 Å². The fourth-order valence-corrected chi connectivity index (χ4v) is 2.83. The lowest BCUT2D eigenvalue weighted by molar-refractivity contribution is 0.112. The average molecular weight is 329 g/mol.